The Morgan fingerprint density at radius 3 is 2.21 bits per heavy atom. The first kappa shape index (κ1) is 19.9. The Morgan fingerprint density at radius 1 is 0.862 bits per heavy atom. The van der Waals surface area contributed by atoms with E-state index >= 15 is 0 Å². The predicted molar refractivity (Wildman–Crippen MR) is 116 cm³/mol. The highest BCUT2D eigenvalue weighted by Gasteiger charge is 2.45. The van der Waals surface area contributed by atoms with Gasteiger partial charge in [-0.3, -0.25) is 9.69 Å². The van der Waals surface area contributed by atoms with Crippen LogP contribution in [0.15, 0.2) is 72.8 Å². The summed E-state index contributed by atoms with van der Waals surface area (Å²) in [5, 5.41) is 0. The molecule has 0 bridgehead atoms. The van der Waals surface area contributed by atoms with Crippen molar-refractivity contribution in [1.82, 2.24) is 9.80 Å². The monoisotopic (exact) mass is 390 g/mol. The van der Waals surface area contributed by atoms with Gasteiger partial charge in [0.25, 0.3) is 5.91 Å². The molecule has 4 nitrogen and oxygen atoms in total. The van der Waals surface area contributed by atoms with Gasteiger partial charge >= 0.3 is 0 Å². The lowest BCUT2D eigenvalue weighted by Gasteiger charge is -2.42. The Morgan fingerprint density at radius 2 is 1.52 bits per heavy atom. The third-order valence-corrected chi connectivity index (χ3v) is 5.95. The number of hydrogen-bond acceptors (Lipinski definition) is 3. The average molecular weight is 391 g/mol. The molecule has 1 fully saturated rings. The van der Waals surface area contributed by atoms with Gasteiger partial charge in [0.05, 0.1) is 6.61 Å². The van der Waals surface area contributed by atoms with Crippen LogP contribution < -0.4 is 0 Å². The summed E-state index contributed by atoms with van der Waals surface area (Å²) in [7, 11) is 0. The lowest BCUT2D eigenvalue weighted by molar-refractivity contribution is -0.169. The van der Waals surface area contributed by atoms with Crippen molar-refractivity contribution >= 4 is 5.91 Å². The molecule has 4 heteroatoms. The second-order valence-corrected chi connectivity index (χ2v) is 8.02. The van der Waals surface area contributed by atoms with Crippen molar-refractivity contribution in [2.24, 2.45) is 0 Å². The average Bonchev–Trinajstić information content (AvgIpc) is 2.92. The van der Waals surface area contributed by atoms with Gasteiger partial charge in [0, 0.05) is 39.1 Å². The Labute approximate surface area is 173 Å². The van der Waals surface area contributed by atoms with E-state index in [1.54, 1.807) is 0 Å². The summed E-state index contributed by atoms with van der Waals surface area (Å²) in [6.07, 6.45) is 6.77. The molecule has 2 aliphatic rings. The molecular formula is C25H30N2O2. The molecule has 1 amide bonds. The highest BCUT2D eigenvalue weighted by molar-refractivity contribution is 5.86. The fraction of sp³-hybridized carbons (Fsp3) is 0.400. The maximum absolute atomic E-state index is 13.5. The van der Waals surface area contributed by atoms with Gasteiger partial charge in [-0.2, -0.15) is 0 Å². The van der Waals surface area contributed by atoms with Crippen LogP contribution in [0.2, 0.25) is 0 Å². The van der Waals surface area contributed by atoms with E-state index in [1.165, 1.54) is 11.1 Å². The van der Waals surface area contributed by atoms with Crippen LogP contribution in [-0.4, -0.2) is 60.6 Å². The van der Waals surface area contributed by atoms with E-state index in [9.17, 15) is 4.79 Å². The first-order valence-corrected chi connectivity index (χ1v) is 10.6. The summed E-state index contributed by atoms with van der Waals surface area (Å²) < 4.78 is 6.18. The Balaban J connectivity index is 1.40. The minimum Gasteiger partial charge on any atom is -0.362 e. The lowest BCUT2D eigenvalue weighted by atomic mass is 9.95. The summed E-state index contributed by atoms with van der Waals surface area (Å²) >= 11 is 0. The molecule has 2 aliphatic heterocycles. The van der Waals surface area contributed by atoms with Crippen molar-refractivity contribution in [3.63, 3.8) is 0 Å². The van der Waals surface area contributed by atoms with Crippen molar-refractivity contribution in [2.45, 2.75) is 24.9 Å². The predicted octanol–water partition coefficient (Wildman–Crippen LogP) is 3.33. The molecular weight excluding hydrogens is 360 g/mol. The first-order chi connectivity index (χ1) is 14.3. The molecule has 0 N–H and O–H groups in total. The number of hydrogen-bond donors (Lipinski definition) is 0. The molecule has 2 heterocycles. The van der Waals surface area contributed by atoms with Crippen molar-refractivity contribution in [3.8, 4) is 0 Å². The van der Waals surface area contributed by atoms with Crippen LogP contribution >= 0.6 is 0 Å². The van der Waals surface area contributed by atoms with Crippen molar-refractivity contribution < 1.29 is 9.53 Å². The third kappa shape index (κ3) is 4.95. The molecule has 152 valence electrons. The summed E-state index contributed by atoms with van der Waals surface area (Å²) in [4.78, 5) is 17.9. The fourth-order valence-electron chi connectivity index (χ4n) is 4.27. The molecule has 0 saturated carbocycles. The van der Waals surface area contributed by atoms with Crippen LogP contribution in [0, 0.1) is 0 Å². The van der Waals surface area contributed by atoms with Crippen LogP contribution in [0.5, 0.6) is 0 Å². The fourth-order valence-corrected chi connectivity index (χ4v) is 4.27. The smallest absolute Gasteiger partial charge is 0.256 e. The van der Waals surface area contributed by atoms with Gasteiger partial charge < -0.3 is 9.64 Å². The quantitative estimate of drug-likeness (QED) is 0.710. The highest BCUT2D eigenvalue weighted by atomic mass is 16.5. The standard InChI is InChI=1S/C25H30N2O2/c28-24-25(15-7-8-16-27(24)18-14-23-11-5-2-6-12-23)21-26(19-20-29-25)17-13-22-9-3-1-4-10-22/h1-12H,13-21H2. The zero-order valence-corrected chi connectivity index (χ0v) is 17.0. The van der Waals surface area contributed by atoms with Crippen molar-refractivity contribution in [3.05, 3.63) is 83.9 Å². The van der Waals surface area contributed by atoms with Gasteiger partial charge in [-0.05, 0) is 24.0 Å². The third-order valence-electron chi connectivity index (χ3n) is 5.95. The number of nitrogens with zero attached hydrogens (tertiary/aromatic N) is 2. The van der Waals surface area contributed by atoms with Crippen LogP contribution in [0.1, 0.15) is 17.5 Å². The molecule has 0 radical (unpaired) electrons. The van der Waals surface area contributed by atoms with Gasteiger partial charge in [-0.25, -0.2) is 0 Å². The largest absolute Gasteiger partial charge is 0.362 e. The molecule has 1 atom stereocenters. The van der Waals surface area contributed by atoms with Gasteiger partial charge in [0.1, 0.15) is 0 Å². The summed E-state index contributed by atoms with van der Waals surface area (Å²) in [6, 6.07) is 20.9. The second-order valence-electron chi connectivity index (χ2n) is 8.02. The molecule has 1 spiro atoms. The van der Waals surface area contributed by atoms with Crippen molar-refractivity contribution in [1.29, 1.82) is 0 Å². The molecule has 0 aromatic heterocycles. The SMILES string of the molecule is O=C1N(CCc2ccccc2)CC=CCC12CN(CCc1ccccc1)CCO2. The number of benzene rings is 2. The molecule has 29 heavy (non-hydrogen) atoms. The van der Waals surface area contributed by atoms with Crippen LogP contribution in [-0.2, 0) is 22.4 Å². The second kappa shape index (κ2) is 9.38. The number of ether oxygens (including phenoxy) is 1. The number of morpholine rings is 1. The minimum absolute atomic E-state index is 0.142. The summed E-state index contributed by atoms with van der Waals surface area (Å²) in [5.74, 6) is 0.142. The minimum atomic E-state index is -0.737. The number of amides is 1. The summed E-state index contributed by atoms with van der Waals surface area (Å²) in [5.41, 5.74) is 1.86. The normalized spacial score (nSPS) is 22.8. The first-order valence-electron chi connectivity index (χ1n) is 10.6. The Bertz CT molecular complexity index is 821. The maximum Gasteiger partial charge on any atom is 0.256 e. The van der Waals surface area contributed by atoms with E-state index in [2.05, 4.69) is 65.6 Å². The number of carbonyl (C=O) groups excluding carboxylic acids is 1. The van der Waals surface area contributed by atoms with Crippen LogP contribution in [0.25, 0.3) is 0 Å². The van der Waals surface area contributed by atoms with Gasteiger partial charge in [0.2, 0.25) is 0 Å². The Hall–Kier alpha value is -2.43. The highest BCUT2D eigenvalue weighted by Crippen LogP contribution is 2.28. The molecule has 1 unspecified atom stereocenters. The van der Waals surface area contributed by atoms with E-state index in [-0.39, 0.29) is 5.91 Å². The summed E-state index contributed by atoms with van der Waals surface area (Å²) in [6.45, 7) is 4.51. The van der Waals surface area contributed by atoms with E-state index in [4.69, 9.17) is 4.74 Å². The van der Waals surface area contributed by atoms with Gasteiger partial charge in [-0.1, -0.05) is 72.8 Å². The van der Waals surface area contributed by atoms with Gasteiger partial charge in [0.15, 0.2) is 5.60 Å². The lowest BCUT2D eigenvalue weighted by Crippen LogP contribution is -2.60. The molecule has 2 aromatic rings. The maximum atomic E-state index is 13.5. The van der Waals surface area contributed by atoms with E-state index in [0.29, 0.717) is 26.1 Å². The van der Waals surface area contributed by atoms with Gasteiger partial charge in [-0.15, -0.1) is 0 Å². The number of carbonyl (C=O) groups is 1. The van der Waals surface area contributed by atoms with Crippen molar-refractivity contribution in [2.75, 3.05) is 39.3 Å². The topological polar surface area (TPSA) is 32.8 Å². The molecule has 2 aromatic carbocycles. The zero-order valence-electron chi connectivity index (χ0n) is 17.0. The van der Waals surface area contributed by atoms with E-state index in [1.807, 2.05) is 17.0 Å². The molecule has 1 saturated heterocycles. The van der Waals surface area contributed by atoms with Crippen LogP contribution in [0.3, 0.4) is 0 Å². The zero-order chi connectivity index (χ0) is 19.9. The van der Waals surface area contributed by atoms with E-state index < -0.39 is 5.60 Å². The molecule has 0 aliphatic carbocycles. The van der Waals surface area contributed by atoms with Crippen LogP contribution in [0.4, 0.5) is 0 Å². The van der Waals surface area contributed by atoms with E-state index in [0.717, 1.165) is 32.5 Å². The molecule has 4 rings (SSSR count). The number of rotatable bonds is 6. The Kier molecular flexibility index (Phi) is 6.43.